The molecule has 3 aromatic rings. The van der Waals surface area contributed by atoms with Crippen LogP contribution in [0.1, 0.15) is 62.6 Å². The van der Waals surface area contributed by atoms with Crippen molar-refractivity contribution in [3.05, 3.63) is 83.6 Å². The summed E-state index contributed by atoms with van der Waals surface area (Å²) in [5, 5.41) is 0. The minimum absolute atomic E-state index is 0.815. The summed E-state index contributed by atoms with van der Waals surface area (Å²) < 4.78 is 5.80. The number of benzene rings is 2. The van der Waals surface area contributed by atoms with Gasteiger partial charge in [-0.3, -0.25) is 4.98 Å². The van der Waals surface area contributed by atoms with Crippen molar-refractivity contribution in [2.45, 2.75) is 65.2 Å². The Hall–Kier alpha value is -2.61. The molecule has 158 valence electrons. The molecule has 0 N–H and O–H groups in total. The van der Waals surface area contributed by atoms with Crippen LogP contribution in [0, 0.1) is 0 Å². The van der Waals surface area contributed by atoms with Crippen molar-refractivity contribution in [3.8, 4) is 17.0 Å². The second-order valence-electron chi connectivity index (χ2n) is 8.05. The largest absolute Gasteiger partial charge is 0.494 e. The molecule has 0 radical (unpaired) electrons. The molecule has 0 saturated heterocycles. The third-order valence-corrected chi connectivity index (χ3v) is 5.54. The molecular weight excluding hydrogens is 366 g/mol. The third kappa shape index (κ3) is 7.02. The summed E-state index contributed by atoms with van der Waals surface area (Å²) in [4.78, 5) is 4.65. The first-order valence-corrected chi connectivity index (χ1v) is 11.5. The second kappa shape index (κ2) is 12.2. The summed E-state index contributed by atoms with van der Waals surface area (Å²) in [5.74, 6) is 0.979. The van der Waals surface area contributed by atoms with E-state index in [4.69, 9.17) is 4.74 Å². The molecule has 0 unspecified atom stereocenters. The summed E-state index contributed by atoms with van der Waals surface area (Å²) in [6.07, 6.45) is 11.3. The fourth-order valence-corrected chi connectivity index (χ4v) is 3.55. The molecule has 0 saturated carbocycles. The maximum absolute atomic E-state index is 5.80. The Morgan fingerprint density at radius 1 is 0.633 bits per heavy atom. The van der Waals surface area contributed by atoms with E-state index in [0.29, 0.717) is 0 Å². The van der Waals surface area contributed by atoms with Crippen LogP contribution < -0.4 is 4.74 Å². The fourth-order valence-electron chi connectivity index (χ4n) is 3.55. The molecule has 0 bridgehead atoms. The van der Waals surface area contributed by atoms with E-state index in [2.05, 4.69) is 79.5 Å². The van der Waals surface area contributed by atoms with Crippen molar-refractivity contribution in [1.29, 1.82) is 0 Å². The molecule has 0 spiro atoms. The molecule has 2 aromatic carbocycles. The van der Waals surface area contributed by atoms with Gasteiger partial charge in [0.25, 0.3) is 0 Å². The number of hydrogen-bond donors (Lipinski definition) is 0. The van der Waals surface area contributed by atoms with Gasteiger partial charge in [-0.25, -0.2) is 0 Å². The van der Waals surface area contributed by atoms with E-state index >= 15 is 0 Å². The summed E-state index contributed by atoms with van der Waals surface area (Å²) in [6, 6.07) is 21.8. The number of rotatable bonds is 12. The van der Waals surface area contributed by atoms with Gasteiger partial charge in [-0.2, -0.15) is 0 Å². The first-order chi connectivity index (χ1) is 14.8. The maximum atomic E-state index is 5.80. The van der Waals surface area contributed by atoms with Crippen LogP contribution >= 0.6 is 0 Å². The minimum atomic E-state index is 0.815. The van der Waals surface area contributed by atoms with Crippen LogP contribution in [0.4, 0.5) is 0 Å². The second-order valence-corrected chi connectivity index (χ2v) is 8.05. The monoisotopic (exact) mass is 401 g/mol. The Bertz CT molecular complexity index is 851. The smallest absolute Gasteiger partial charge is 0.119 e. The molecule has 30 heavy (non-hydrogen) atoms. The number of pyridine rings is 1. The van der Waals surface area contributed by atoms with E-state index in [1.165, 1.54) is 47.9 Å². The summed E-state index contributed by atoms with van der Waals surface area (Å²) >= 11 is 0. The maximum Gasteiger partial charge on any atom is 0.119 e. The van der Waals surface area contributed by atoms with E-state index in [0.717, 1.165) is 43.7 Å². The zero-order valence-corrected chi connectivity index (χ0v) is 18.6. The number of ether oxygens (including phenoxy) is 1. The Kier molecular flexibility index (Phi) is 8.96. The molecule has 3 rings (SSSR count). The fraction of sp³-hybridized carbons (Fsp3) is 0.393. The molecule has 0 aliphatic rings. The standard InChI is InChI=1S/C28H35NO/c1-3-5-7-21-30-27-18-13-24(14-19-27)10-9-23-11-16-26(17-12-23)28-20-15-25(22-29-28)8-6-4-2/h11-20,22H,3-10,21H2,1-2H3. The van der Waals surface area contributed by atoms with Crippen molar-refractivity contribution in [1.82, 2.24) is 4.98 Å². The normalized spacial score (nSPS) is 10.9. The quantitative estimate of drug-likeness (QED) is 0.294. The van der Waals surface area contributed by atoms with Crippen molar-refractivity contribution in [2.24, 2.45) is 0 Å². The van der Waals surface area contributed by atoms with Crippen LogP contribution in [0.15, 0.2) is 66.9 Å². The average Bonchev–Trinajstić information content (AvgIpc) is 2.81. The highest BCUT2D eigenvalue weighted by Crippen LogP contribution is 2.20. The van der Waals surface area contributed by atoms with E-state index in [1.54, 1.807) is 0 Å². The Labute approximate surface area is 182 Å². The van der Waals surface area contributed by atoms with Gasteiger partial charge in [0.1, 0.15) is 5.75 Å². The van der Waals surface area contributed by atoms with E-state index < -0.39 is 0 Å². The molecule has 0 amide bonds. The highest BCUT2D eigenvalue weighted by atomic mass is 16.5. The lowest BCUT2D eigenvalue weighted by molar-refractivity contribution is 0.306. The number of hydrogen-bond acceptors (Lipinski definition) is 2. The Morgan fingerprint density at radius 3 is 1.87 bits per heavy atom. The van der Waals surface area contributed by atoms with Gasteiger partial charge in [0.2, 0.25) is 0 Å². The molecule has 0 aliphatic heterocycles. The van der Waals surface area contributed by atoms with Crippen molar-refractivity contribution in [2.75, 3.05) is 6.61 Å². The first-order valence-electron chi connectivity index (χ1n) is 11.5. The molecule has 2 heteroatoms. The van der Waals surface area contributed by atoms with Crippen LogP contribution in [0.3, 0.4) is 0 Å². The van der Waals surface area contributed by atoms with Crippen molar-refractivity contribution < 1.29 is 4.74 Å². The van der Waals surface area contributed by atoms with Gasteiger partial charge < -0.3 is 4.74 Å². The highest BCUT2D eigenvalue weighted by Gasteiger charge is 2.02. The van der Waals surface area contributed by atoms with E-state index in [-0.39, 0.29) is 0 Å². The summed E-state index contributed by atoms with van der Waals surface area (Å²) in [6.45, 7) is 5.25. The molecule has 1 aromatic heterocycles. The van der Waals surface area contributed by atoms with Gasteiger partial charge in [0.15, 0.2) is 0 Å². The molecule has 0 fully saturated rings. The summed E-state index contributed by atoms with van der Waals surface area (Å²) in [7, 11) is 0. The molecule has 0 atom stereocenters. The van der Waals surface area contributed by atoms with Crippen LogP contribution in [0.5, 0.6) is 5.75 Å². The number of aromatic nitrogens is 1. The van der Waals surface area contributed by atoms with E-state index in [1.807, 2.05) is 6.20 Å². The average molecular weight is 402 g/mol. The first kappa shape index (κ1) is 22.1. The van der Waals surface area contributed by atoms with Gasteiger partial charge in [-0.1, -0.05) is 75.6 Å². The van der Waals surface area contributed by atoms with Gasteiger partial charge in [0.05, 0.1) is 12.3 Å². The zero-order chi connectivity index (χ0) is 21.0. The van der Waals surface area contributed by atoms with Gasteiger partial charge in [-0.05, 0) is 67.0 Å². The molecular formula is C28H35NO. The number of unbranched alkanes of at least 4 members (excludes halogenated alkanes) is 3. The number of aryl methyl sites for hydroxylation is 3. The Balaban J connectivity index is 1.48. The van der Waals surface area contributed by atoms with Crippen LogP contribution in [0.25, 0.3) is 11.3 Å². The summed E-state index contributed by atoms with van der Waals surface area (Å²) in [5.41, 5.74) is 6.28. The van der Waals surface area contributed by atoms with E-state index in [9.17, 15) is 0 Å². The topological polar surface area (TPSA) is 22.1 Å². The SMILES string of the molecule is CCCCCOc1ccc(CCc2ccc(-c3ccc(CCCC)cn3)cc2)cc1. The number of nitrogens with zero attached hydrogens (tertiary/aromatic N) is 1. The van der Waals surface area contributed by atoms with Crippen molar-refractivity contribution in [3.63, 3.8) is 0 Å². The molecule has 1 heterocycles. The van der Waals surface area contributed by atoms with Gasteiger partial charge in [0, 0.05) is 11.8 Å². The Morgan fingerprint density at radius 2 is 1.27 bits per heavy atom. The minimum Gasteiger partial charge on any atom is -0.494 e. The lowest BCUT2D eigenvalue weighted by atomic mass is 10.0. The predicted octanol–water partition coefficient (Wildman–Crippen LogP) is 7.45. The molecule has 0 aliphatic carbocycles. The van der Waals surface area contributed by atoms with Gasteiger partial charge >= 0.3 is 0 Å². The molecule has 2 nitrogen and oxygen atoms in total. The highest BCUT2D eigenvalue weighted by molar-refractivity contribution is 5.59. The van der Waals surface area contributed by atoms with Crippen molar-refractivity contribution >= 4 is 0 Å². The van der Waals surface area contributed by atoms with Crippen LogP contribution in [0.2, 0.25) is 0 Å². The lowest BCUT2D eigenvalue weighted by Crippen LogP contribution is -1.97. The zero-order valence-electron chi connectivity index (χ0n) is 18.6. The lowest BCUT2D eigenvalue weighted by Gasteiger charge is -2.08. The van der Waals surface area contributed by atoms with Gasteiger partial charge in [-0.15, -0.1) is 0 Å². The van der Waals surface area contributed by atoms with Crippen LogP contribution in [-0.4, -0.2) is 11.6 Å². The van der Waals surface area contributed by atoms with Crippen LogP contribution in [-0.2, 0) is 19.3 Å². The third-order valence-electron chi connectivity index (χ3n) is 5.54. The predicted molar refractivity (Wildman–Crippen MR) is 127 cm³/mol.